The van der Waals surface area contributed by atoms with Crippen LogP contribution in [0.3, 0.4) is 0 Å². The number of benzene rings is 2. The van der Waals surface area contributed by atoms with Crippen molar-refractivity contribution >= 4 is 17.4 Å². The molecule has 7 heteroatoms. The highest BCUT2D eigenvalue weighted by atomic mass is 19.4. The highest BCUT2D eigenvalue weighted by molar-refractivity contribution is 6.07. The van der Waals surface area contributed by atoms with E-state index in [1.54, 1.807) is 6.92 Å². The van der Waals surface area contributed by atoms with Crippen LogP contribution in [0.25, 0.3) is 0 Å². The van der Waals surface area contributed by atoms with E-state index in [1.807, 2.05) is 30.3 Å². The first-order chi connectivity index (χ1) is 13.8. The molecule has 0 radical (unpaired) electrons. The second kappa shape index (κ2) is 8.51. The number of ether oxygens (including phenoxy) is 1. The Morgan fingerprint density at radius 2 is 1.76 bits per heavy atom. The fourth-order valence-electron chi connectivity index (χ4n) is 3.41. The summed E-state index contributed by atoms with van der Waals surface area (Å²) in [6.07, 6.45) is -2.73. The van der Waals surface area contributed by atoms with E-state index in [0.29, 0.717) is 17.8 Å². The summed E-state index contributed by atoms with van der Waals surface area (Å²) in [6.45, 7) is 1.85. The quantitative estimate of drug-likeness (QED) is 0.568. The molecular formula is C22H20F3NO3. The number of esters is 1. The Hall–Kier alpha value is -3.09. The maximum absolute atomic E-state index is 12.7. The van der Waals surface area contributed by atoms with Crippen LogP contribution in [-0.2, 0) is 20.5 Å². The summed E-state index contributed by atoms with van der Waals surface area (Å²) in [5.74, 6) is -2.34. The predicted molar refractivity (Wildman–Crippen MR) is 102 cm³/mol. The first kappa shape index (κ1) is 20.6. The molecule has 0 bridgehead atoms. The minimum absolute atomic E-state index is 0.171. The largest absolute Gasteiger partial charge is 0.465 e. The number of ketones is 1. The van der Waals surface area contributed by atoms with Crippen molar-refractivity contribution < 1.29 is 27.5 Å². The van der Waals surface area contributed by atoms with E-state index in [2.05, 4.69) is 5.32 Å². The van der Waals surface area contributed by atoms with Gasteiger partial charge in [0, 0.05) is 23.4 Å². The van der Waals surface area contributed by atoms with Crippen molar-refractivity contribution in [1.29, 1.82) is 0 Å². The number of hydrogen-bond donors (Lipinski definition) is 1. The summed E-state index contributed by atoms with van der Waals surface area (Å²) in [6, 6.07) is 13.7. The zero-order chi connectivity index (χ0) is 21.0. The van der Waals surface area contributed by atoms with Gasteiger partial charge in [-0.05, 0) is 43.2 Å². The van der Waals surface area contributed by atoms with Crippen LogP contribution in [0, 0.1) is 5.92 Å². The Kier molecular flexibility index (Phi) is 6.06. The summed E-state index contributed by atoms with van der Waals surface area (Å²) in [5, 5.41) is 3.00. The standard InChI is InChI=1S/C22H20F3NO3/c1-2-29-21(28)20-18(14-6-4-3-5-7-14)12-17(13-19(20)27)26-16-10-8-15(9-11-16)22(23,24)25/h3-11,13,18,20,26H,2,12H2,1H3/t18-,20-/m0/s1. The van der Waals surface area contributed by atoms with Crippen LogP contribution in [-0.4, -0.2) is 18.4 Å². The highest BCUT2D eigenvalue weighted by Gasteiger charge is 2.39. The Morgan fingerprint density at radius 3 is 2.34 bits per heavy atom. The molecule has 1 aliphatic carbocycles. The third-order valence-electron chi connectivity index (χ3n) is 4.75. The van der Waals surface area contributed by atoms with Gasteiger partial charge in [0.05, 0.1) is 12.2 Å². The molecule has 2 aromatic carbocycles. The van der Waals surface area contributed by atoms with Crippen molar-refractivity contribution in [2.24, 2.45) is 5.92 Å². The molecule has 2 atom stereocenters. The summed E-state index contributed by atoms with van der Waals surface area (Å²) in [4.78, 5) is 25.1. The summed E-state index contributed by atoms with van der Waals surface area (Å²) < 4.78 is 43.3. The third-order valence-corrected chi connectivity index (χ3v) is 4.75. The number of alkyl halides is 3. The first-order valence-electron chi connectivity index (χ1n) is 9.20. The van der Waals surface area contributed by atoms with Gasteiger partial charge in [-0.25, -0.2) is 0 Å². The van der Waals surface area contributed by atoms with Gasteiger partial charge in [-0.1, -0.05) is 30.3 Å². The molecule has 3 rings (SSSR count). The van der Waals surface area contributed by atoms with Crippen LogP contribution >= 0.6 is 0 Å². The molecule has 0 spiro atoms. The molecule has 1 N–H and O–H groups in total. The Bertz CT molecular complexity index is 905. The summed E-state index contributed by atoms with van der Waals surface area (Å²) in [7, 11) is 0. The van der Waals surface area contributed by atoms with Crippen molar-refractivity contribution in [2.75, 3.05) is 11.9 Å². The molecule has 0 aliphatic heterocycles. The van der Waals surface area contributed by atoms with E-state index < -0.39 is 35.3 Å². The Morgan fingerprint density at radius 1 is 1.10 bits per heavy atom. The monoisotopic (exact) mass is 403 g/mol. The van der Waals surface area contributed by atoms with E-state index in [0.717, 1.165) is 17.7 Å². The van der Waals surface area contributed by atoms with Crippen molar-refractivity contribution in [1.82, 2.24) is 0 Å². The lowest BCUT2D eigenvalue weighted by molar-refractivity contribution is -0.151. The fourth-order valence-corrected chi connectivity index (χ4v) is 3.41. The molecule has 1 aliphatic rings. The predicted octanol–water partition coefficient (Wildman–Crippen LogP) is 4.94. The van der Waals surface area contributed by atoms with Gasteiger partial charge in [-0.15, -0.1) is 0 Å². The van der Waals surface area contributed by atoms with Crippen LogP contribution in [0.1, 0.15) is 30.4 Å². The number of allylic oxidation sites excluding steroid dienone is 2. The molecule has 152 valence electrons. The van der Waals surface area contributed by atoms with E-state index in [4.69, 9.17) is 4.74 Å². The molecule has 0 heterocycles. The number of carbonyl (C=O) groups excluding carboxylic acids is 2. The minimum atomic E-state index is -4.41. The number of anilines is 1. The van der Waals surface area contributed by atoms with E-state index in [-0.39, 0.29) is 6.61 Å². The molecule has 29 heavy (non-hydrogen) atoms. The molecule has 0 fully saturated rings. The molecule has 0 aromatic heterocycles. The van der Waals surface area contributed by atoms with Crippen molar-refractivity contribution in [2.45, 2.75) is 25.4 Å². The summed E-state index contributed by atoms with van der Waals surface area (Å²) >= 11 is 0. The van der Waals surface area contributed by atoms with Gasteiger partial charge < -0.3 is 10.1 Å². The Balaban J connectivity index is 1.86. The van der Waals surface area contributed by atoms with E-state index >= 15 is 0 Å². The fraction of sp³-hybridized carbons (Fsp3) is 0.273. The van der Waals surface area contributed by atoms with Gasteiger partial charge in [0.15, 0.2) is 5.78 Å². The molecule has 2 aromatic rings. The maximum atomic E-state index is 12.7. The molecule has 0 amide bonds. The smallest absolute Gasteiger partial charge is 0.416 e. The van der Waals surface area contributed by atoms with Crippen molar-refractivity contribution in [3.05, 3.63) is 77.5 Å². The van der Waals surface area contributed by atoms with Gasteiger partial charge in [-0.2, -0.15) is 13.2 Å². The molecule has 0 saturated heterocycles. The van der Waals surface area contributed by atoms with Gasteiger partial charge in [0.25, 0.3) is 0 Å². The minimum Gasteiger partial charge on any atom is -0.465 e. The topological polar surface area (TPSA) is 55.4 Å². The van der Waals surface area contributed by atoms with Crippen LogP contribution in [0.5, 0.6) is 0 Å². The lowest BCUT2D eigenvalue weighted by Crippen LogP contribution is -2.35. The average molecular weight is 403 g/mol. The number of carbonyl (C=O) groups is 2. The molecule has 4 nitrogen and oxygen atoms in total. The second-order valence-electron chi connectivity index (χ2n) is 6.72. The van der Waals surface area contributed by atoms with Crippen LogP contribution in [0.4, 0.5) is 18.9 Å². The van der Waals surface area contributed by atoms with Crippen LogP contribution in [0.2, 0.25) is 0 Å². The number of nitrogens with one attached hydrogen (secondary N) is 1. The van der Waals surface area contributed by atoms with Gasteiger partial charge in [-0.3, -0.25) is 9.59 Å². The molecular weight excluding hydrogens is 383 g/mol. The zero-order valence-corrected chi connectivity index (χ0v) is 15.7. The number of halogens is 3. The van der Waals surface area contributed by atoms with E-state index in [9.17, 15) is 22.8 Å². The van der Waals surface area contributed by atoms with Crippen molar-refractivity contribution in [3.63, 3.8) is 0 Å². The second-order valence-corrected chi connectivity index (χ2v) is 6.72. The SMILES string of the molecule is CCOC(=O)[C@@H]1C(=O)C=C(Nc2ccc(C(F)(F)F)cc2)C[C@H]1c1ccccc1. The third kappa shape index (κ3) is 4.85. The van der Waals surface area contributed by atoms with Crippen LogP contribution < -0.4 is 5.32 Å². The average Bonchev–Trinajstić information content (AvgIpc) is 2.68. The zero-order valence-electron chi connectivity index (χ0n) is 15.7. The van der Waals surface area contributed by atoms with Crippen molar-refractivity contribution in [3.8, 4) is 0 Å². The number of rotatable bonds is 5. The lowest BCUT2D eigenvalue weighted by Gasteiger charge is -2.29. The van der Waals surface area contributed by atoms with E-state index in [1.165, 1.54) is 18.2 Å². The van der Waals surface area contributed by atoms with Gasteiger partial charge >= 0.3 is 12.1 Å². The normalized spacial score (nSPS) is 19.4. The first-order valence-corrected chi connectivity index (χ1v) is 9.20. The van der Waals surface area contributed by atoms with Crippen LogP contribution in [0.15, 0.2) is 66.4 Å². The maximum Gasteiger partial charge on any atom is 0.416 e. The molecule has 0 unspecified atom stereocenters. The van der Waals surface area contributed by atoms with Gasteiger partial charge in [0.1, 0.15) is 5.92 Å². The van der Waals surface area contributed by atoms with Gasteiger partial charge in [0.2, 0.25) is 0 Å². The Labute approximate surface area is 166 Å². The highest BCUT2D eigenvalue weighted by Crippen LogP contribution is 2.37. The number of hydrogen-bond acceptors (Lipinski definition) is 4. The molecule has 0 saturated carbocycles. The lowest BCUT2D eigenvalue weighted by atomic mass is 9.76. The summed E-state index contributed by atoms with van der Waals surface area (Å²) in [5.41, 5.74) is 1.03.